The third kappa shape index (κ3) is 6.55. The monoisotopic (exact) mass is 332 g/mol. The predicted molar refractivity (Wildman–Crippen MR) is 89.0 cm³/mol. The van der Waals surface area contributed by atoms with Crippen LogP contribution in [0.25, 0.3) is 0 Å². The molecule has 0 heterocycles. The zero-order valence-electron chi connectivity index (χ0n) is 12.4. The van der Waals surface area contributed by atoms with Gasteiger partial charge in [0.1, 0.15) is 0 Å². The van der Waals surface area contributed by atoms with Crippen LogP contribution in [0.15, 0.2) is 12.1 Å². The zero-order valence-corrected chi connectivity index (χ0v) is 13.9. The SMILES string of the molecule is CCCC(C)COCCC(=O)Nc1c(N)cc(Cl)cc1Cl. The number of hydrogen-bond acceptors (Lipinski definition) is 3. The van der Waals surface area contributed by atoms with Gasteiger partial charge in [-0.25, -0.2) is 0 Å². The summed E-state index contributed by atoms with van der Waals surface area (Å²) in [6.45, 7) is 5.33. The molecular formula is C15H22Cl2N2O2. The lowest BCUT2D eigenvalue weighted by Gasteiger charge is -2.12. The van der Waals surface area contributed by atoms with E-state index in [0.717, 1.165) is 12.8 Å². The second-order valence-electron chi connectivity index (χ2n) is 5.12. The zero-order chi connectivity index (χ0) is 15.8. The molecule has 21 heavy (non-hydrogen) atoms. The summed E-state index contributed by atoms with van der Waals surface area (Å²) in [5.41, 5.74) is 6.52. The van der Waals surface area contributed by atoms with Crippen molar-refractivity contribution in [2.24, 2.45) is 5.92 Å². The minimum atomic E-state index is -0.186. The van der Waals surface area contributed by atoms with E-state index in [2.05, 4.69) is 19.2 Å². The fourth-order valence-corrected chi connectivity index (χ4v) is 2.51. The Bertz CT molecular complexity index is 458. The molecule has 4 nitrogen and oxygen atoms in total. The van der Waals surface area contributed by atoms with Crippen LogP contribution in [0.4, 0.5) is 11.4 Å². The van der Waals surface area contributed by atoms with E-state index >= 15 is 0 Å². The summed E-state index contributed by atoms with van der Waals surface area (Å²) in [5, 5.41) is 3.44. The predicted octanol–water partition coefficient (Wildman–Crippen LogP) is 4.36. The Morgan fingerprint density at radius 1 is 1.43 bits per heavy atom. The number of halogens is 2. The number of nitrogens with one attached hydrogen (secondary N) is 1. The molecule has 118 valence electrons. The number of carbonyl (C=O) groups excluding carboxylic acids is 1. The van der Waals surface area contributed by atoms with E-state index in [1.54, 1.807) is 6.07 Å². The molecule has 0 aromatic heterocycles. The molecule has 0 aliphatic heterocycles. The van der Waals surface area contributed by atoms with Crippen molar-refractivity contribution in [3.05, 3.63) is 22.2 Å². The van der Waals surface area contributed by atoms with Crippen molar-refractivity contribution in [2.45, 2.75) is 33.1 Å². The molecule has 0 saturated carbocycles. The van der Waals surface area contributed by atoms with Crippen LogP contribution in [0.1, 0.15) is 33.1 Å². The number of nitrogen functional groups attached to an aromatic ring is 1. The average molecular weight is 333 g/mol. The summed E-state index contributed by atoms with van der Waals surface area (Å²) >= 11 is 11.8. The molecule has 1 unspecified atom stereocenters. The fraction of sp³-hybridized carbons (Fsp3) is 0.533. The van der Waals surface area contributed by atoms with Crippen molar-refractivity contribution in [3.8, 4) is 0 Å². The van der Waals surface area contributed by atoms with E-state index in [1.807, 2.05) is 0 Å². The van der Waals surface area contributed by atoms with E-state index in [4.69, 9.17) is 33.7 Å². The third-order valence-corrected chi connectivity index (χ3v) is 3.52. The average Bonchev–Trinajstić information content (AvgIpc) is 2.39. The number of hydrogen-bond donors (Lipinski definition) is 2. The first-order valence-corrected chi connectivity index (χ1v) is 7.81. The van der Waals surface area contributed by atoms with E-state index in [9.17, 15) is 4.79 Å². The van der Waals surface area contributed by atoms with Crippen molar-refractivity contribution < 1.29 is 9.53 Å². The fourth-order valence-electron chi connectivity index (χ4n) is 1.95. The van der Waals surface area contributed by atoms with E-state index < -0.39 is 0 Å². The number of ether oxygens (including phenoxy) is 1. The van der Waals surface area contributed by atoms with Crippen molar-refractivity contribution >= 4 is 40.5 Å². The molecule has 0 saturated heterocycles. The van der Waals surface area contributed by atoms with Gasteiger partial charge in [-0.05, 0) is 24.5 Å². The first kappa shape index (κ1) is 18.1. The van der Waals surface area contributed by atoms with Gasteiger partial charge in [0.25, 0.3) is 0 Å². The molecule has 0 aliphatic rings. The van der Waals surface area contributed by atoms with Gasteiger partial charge in [0, 0.05) is 11.6 Å². The Kier molecular flexibility index (Phi) is 7.86. The minimum Gasteiger partial charge on any atom is -0.397 e. The van der Waals surface area contributed by atoms with Crippen molar-refractivity contribution in [1.82, 2.24) is 0 Å². The second-order valence-corrected chi connectivity index (χ2v) is 5.96. The van der Waals surface area contributed by atoms with Crippen molar-refractivity contribution in [2.75, 3.05) is 24.3 Å². The number of benzene rings is 1. The van der Waals surface area contributed by atoms with Crippen LogP contribution < -0.4 is 11.1 Å². The van der Waals surface area contributed by atoms with Crippen molar-refractivity contribution in [1.29, 1.82) is 0 Å². The number of anilines is 2. The topological polar surface area (TPSA) is 64.3 Å². The Balaban J connectivity index is 2.38. The molecule has 6 heteroatoms. The minimum absolute atomic E-state index is 0.186. The molecule has 1 amide bonds. The Morgan fingerprint density at radius 3 is 2.76 bits per heavy atom. The molecule has 0 fully saturated rings. The highest BCUT2D eigenvalue weighted by Gasteiger charge is 2.11. The molecule has 0 spiro atoms. The summed E-state index contributed by atoms with van der Waals surface area (Å²) in [5.74, 6) is 0.327. The van der Waals surface area contributed by atoms with Gasteiger partial charge in [0.2, 0.25) is 5.91 Å². The summed E-state index contributed by atoms with van der Waals surface area (Å²) in [6.07, 6.45) is 2.53. The van der Waals surface area contributed by atoms with Gasteiger partial charge < -0.3 is 15.8 Å². The van der Waals surface area contributed by atoms with E-state index in [1.165, 1.54) is 6.07 Å². The molecule has 1 aromatic carbocycles. The summed E-state index contributed by atoms with van der Waals surface area (Å²) in [4.78, 5) is 11.8. The van der Waals surface area contributed by atoms with Crippen LogP contribution in [0.5, 0.6) is 0 Å². The normalized spacial score (nSPS) is 12.2. The number of amides is 1. The molecule has 1 atom stereocenters. The van der Waals surface area contributed by atoms with Crippen molar-refractivity contribution in [3.63, 3.8) is 0 Å². The largest absolute Gasteiger partial charge is 0.397 e. The first-order valence-electron chi connectivity index (χ1n) is 7.06. The van der Waals surface area contributed by atoms with Crippen LogP contribution >= 0.6 is 23.2 Å². The quantitative estimate of drug-likeness (QED) is 0.549. The highest BCUT2D eigenvalue weighted by atomic mass is 35.5. The molecule has 1 aromatic rings. The van der Waals surface area contributed by atoms with Gasteiger partial charge >= 0.3 is 0 Å². The van der Waals surface area contributed by atoms with Gasteiger partial charge in [-0.2, -0.15) is 0 Å². The molecule has 0 radical (unpaired) electrons. The molecular weight excluding hydrogens is 311 g/mol. The first-order chi connectivity index (χ1) is 9.93. The third-order valence-electron chi connectivity index (χ3n) is 3.01. The van der Waals surface area contributed by atoms with Crippen LogP contribution in [0.3, 0.4) is 0 Å². The number of nitrogens with two attached hydrogens (primary N) is 1. The van der Waals surface area contributed by atoms with Crippen LogP contribution in [0, 0.1) is 5.92 Å². The van der Waals surface area contributed by atoms with E-state index in [-0.39, 0.29) is 12.3 Å². The van der Waals surface area contributed by atoms with Gasteiger partial charge in [-0.15, -0.1) is 0 Å². The molecule has 0 bridgehead atoms. The summed E-state index contributed by atoms with van der Waals surface area (Å²) in [6, 6.07) is 3.09. The lowest BCUT2D eigenvalue weighted by Crippen LogP contribution is -2.16. The Morgan fingerprint density at radius 2 is 2.14 bits per heavy atom. The molecule has 1 rings (SSSR count). The highest BCUT2D eigenvalue weighted by molar-refractivity contribution is 6.37. The lowest BCUT2D eigenvalue weighted by molar-refractivity contribution is -0.117. The lowest BCUT2D eigenvalue weighted by atomic mass is 10.1. The van der Waals surface area contributed by atoms with E-state index in [0.29, 0.717) is 40.6 Å². The van der Waals surface area contributed by atoms with Gasteiger partial charge in [-0.3, -0.25) is 4.79 Å². The summed E-state index contributed by atoms with van der Waals surface area (Å²) in [7, 11) is 0. The second kappa shape index (κ2) is 9.13. The van der Waals surface area contributed by atoms with Crippen LogP contribution in [0.2, 0.25) is 10.0 Å². The Labute approximate surface area is 135 Å². The highest BCUT2D eigenvalue weighted by Crippen LogP contribution is 2.32. The molecule has 3 N–H and O–H groups in total. The maximum absolute atomic E-state index is 11.8. The smallest absolute Gasteiger partial charge is 0.226 e. The molecule has 0 aliphatic carbocycles. The maximum atomic E-state index is 11.8. The van der Waals surface area contributed by atoms with Gasteiger partial charge in [-0.1, -0.05) is 43.5 Å². The Hall–Kier alpha value is -0.970. The number of rotatable bonds is 8. The van der Waals surface area contributed by atoms with Gasteiger partial charge in [0.05, 0.1) is 29.4 Å². The van der Waals surface area contributed by atoms with Gasteiger partial charge in [0.15, 0.2) is 0 Å². The van der Waals surface area contributed by atoms with Crippen LogP contribution in [-0.4, -0.2) is 19.1 Å². The number of carbonyl (C=O) groups is 1. The maximum Gasteiger partial charge on any atom is 0.226 e. The van der Waals surface area contributed by atoms with Crippen LogP contribution in [-0.2, 0) is 9.53 Å². The summed E-state index contributed by atoms with van der Waals surface area (Å²) < 4.78 is 5.49. The standard InChI is InChI=1S/C15H22Cl2N2O2/c1-3-4-10(2)9-21-6-5-14(20)19-15-12(17)7-11(16)8-13(15)18/h7-8,10H,3-6,9,18H2,1-2H3,(H,19,20).